The molecule has 1 saturated carbocycles. The second-order valence-electron chi connectivity index (χ2n) is 3.35. The van der Waals surface area contributed by atoms with Gasteiger partial charge in [0, 0.05) is 13.1 Å². The number of nitrogens with two attached hydrogens (primary N) is 1. The van der Waals surface area contributed by atoms with Gasteiger partial charge in [0.05, 0.1) is 0 Å². The van der Waals surface area contributed by atoms with Crippen LogP contribution in [0.3, 0.4) is 0 Å². The lowest BCUT2D eigenvalue weighted by molar-refractivity contribution is -0.147. The molecule has 0 saturated heterocycles. The molecule has 74 valence electrons. The van der Waals surface area contributed by atoms with E-state index in [0.717, 1.165) is 19.3 Å². The number of carbonyl (C=O) groups is 2. The highest BCUT2D eigenvalue weighted by Gasteiger charge is 2.31. The molecule has 1 amide bonds. The number of amides is 1. The lowest BCUT2D eigenvalue weighted by Crippen LogP contribution is -2.51. The first kappa shape index (κ1) is 9.98. The lowest BCUT2D eigenvalue weighted by atomic mass is 9.91. The number of aliphatic carboxylic acids is 1. The second-order valence-corrected chi connectivity index (χ2v) is 3.35. The lowest BCUT2D eigenvalue weighted by Gasteiger charge is -2.35. The Morgan fingerprint density at radius 2 is 2.08 bits per heavy atom. The predicted octanol–water partition coefficient (Wildman–Crippen LogP) is -0.591. The Labute approximate surface area is 76.5 Å². The van der Waals surface area contributed by atoms with Crippen LogP contribution in [0.1, 0.15) is 19.3 Å². The van der Waals surface area contributed by atoms with Gasteiger partial charge >= 0.3 is 5.97 Å². The zero-order chi connectivity index (χ0) is 10.0. The minimum atomic E-state index is -1.41. The Hall–Kier alpha value is -1.10. The summed E-state index contributed by atoms with van der Waals surface area (Å²) in [6.07, 6.45) is 3.01. The van der Waals surface area contributed by atoms with Crippen LogP contribution in [0.4, 0.5) is 0 Å². The molecule has 5 heteroatoms. The third-order valence-electron chi connectivity index (χ3n) is 2.50. The predicted molar refractivity (Wildman–Crippen MR) is 46.0 cm³/mol. The molecule has 0 aliphatic heterocycles. The molecule has 0 spiro atoms. The van der Waals surface area contributed by atoms with Crippen molar-refractivity contribution in [2.24, 2.45) is 5.73 Å². The van der Waals surface area contributed by atoms with E-state index in [9.17, 15) is 9.59 Å². The third kappa shape index (κ3) is 1.98. The molecule has 0 radical (unpaired) electrons. The fourth-order valence-corrected chi connectivity index (χ4v) is 1.28. The molecular weight excluding hydrogens is 172 g/mol. The number of carboxylic acids is 1. The summed E-state index contributed by atoms with van der Waals surface area (Å²) in [5.41, 5.74) is 5.19. The van der Waals surface area contributed by atoms with Gasteiger partial charge in [0.25, 0.3) is 5.91 Å². The van der Waals surface area contributed by atoms with Crippen molar-refractivity contribution >= 4 is 11.9 Å². The first-order valence-corrected chi connectivity index (χ1v) is 4.29. The molecule has 1 atom stereocenters. The molecule has 1 fully saturated rings. The normalized spacial score (nSPS) is 18.9. The number of likely N-dealkylation sites (N-methyl/N-ethyl adjacent to an activating group) is 1. The Bertz CT molecular complexity index is 225. The van der Waals surface area contributed by atoms with Crippen molar-refractivity contribution in [3.05, 3.63) is 0 Å². The molecule has 1 aliphatic carbocycles. The molecule has 0 bridgehead atoms. The molecule has 0 aromatic carbocycles. The molecule has 0 aromatic rings. The Balaban J connectivity index is 2.50. The summed E-state index contributed by atoms with van der Waals surface area (Å²) >= 11 is 0. The van der Waals surface area contributed by atoms with E-state index in [1.807, 2.05) is 0 Å². The van der Waals surface area contributed by atoms with Gasteiger partial charge in [-0.25, -0.2) is 4.79 Å². The molecule has 0 aromatic heterocycles. The zero-order valence-corrected chi connectivity index (χ0v) is 7.56. The van der Waals surface area contributed by atoms with Crippen LogP contribution < -0.4 is 5.73 Å². The quantitative estimate of drug-likeness (QED) is 0.577. The van der Waals surface area contributed by atoms with E-state index in [1.54, 1.807) is 7.05 Å². The number of rotatable bonds is 3. The van der Waals surface area contributed by atoms with Crippen LogP contribution in [0.5, 0.6) is 0 Å². The first-order chi connectivity index (χ1) is 6.04. The van der Waals surface area contributed by atoms with Crippen LogP contribution in [0.2, 0.25) is 0 Å². The van der Waals surface area contributed by atoms with Crippen LogP contribution in [-0.4, -0.2) is 41.0 Å². The molecule has 1 aliphatic rings. The van der Waals surface area contributed by atoms with Crippen molar-refractivity contribution in [3.8, 4) is 0 Å². The number of nitrogens with zero attached hydrogens (tertiary/aromatic N) is 1. The van der Waals surface area contributed by atoms with E-state index in [0.29, 0.717) is 0 Å². The maximum absolute atomic E-state index is 11.3. The van der Waals surface area contributed by atoms with E-state index >= 15 is 0 Å². The van der Waals surface area contributed by atoms with Gasteiger partial charge in [0.2, 0.25) is 0 Å². The van der Waals surface area contributed by atoms with Gasteiger partial charge in [-0.1, -0.05) is 0 Å². The summed E-state index contributed by atoms with van der Waals surface area (Å²) in [6.45, 7) is 0. The fraction of sp³-hybridized carbons (Fsp3) is 0.750. The van der Waals surface area contributed by atoms with Crippen LogP contribution >= 0.6 is 0 Å². The fourth-order valence-electron chi connectivity index (χ4n) is 1.28. The van der Waals surface area contributed by atoms with Crippen LogP contribution in [-0.2, 0) is 9.59 Å². The van der Waals surface area contributed by atoms with E-state index in [-0.39, 0.29) is 6.04 Å². The maximum atomic E-state index is 11.3. The first-order valence-electron chi connectivity index (χ1n) is 4.29. The summed E-state index contributed by atoms with van der Waals surface area (Å²) in [5, 5.41) is 8.50. The van der Waals surface area contributed by atoms with Gasteiger partial charge in [-0.15, -0.1) is 0 Å². The van der Waals surface area contributed by atoms with Gasteiger partial charge in [0.1, 0.15) is 0 Å². The van der Waals surface area contributed by atoms with Crippen molar-refractivity contribution in [1.29, 1.82) is 0 Å². The van der Waals surface area contributed by atoms with Crippen molar-refractivity contribution in [1.82, 2.24) is 4.90 Å². The number of carboxylic acid groups (broad SMARTS) is 1. The van der Waals surface area contributed by atoms with Crippen molar-refractivity contribution in [2.75, 3.05) is 7.05 Å². The van der Waals surface area contributed by atoms with Gasteiger partial charge in [-0.05, 0) is 19.3 Å². The third-order valence-corrected chi connectivity index (χ3v) is 2.50. The summed E-state index contributed by atoms with van der Waals surface area (Å²) in [5.74, 6) is -1.77. The van der Waals surface area contributed by atoms with E-state index in [4.69, 9.17) is 10.8 Å². The summed E-state index contributed by atoms with van der Waals surface area (Å²) in [6, 6.07) is -1.22. The van der Waals surface area contributed by atoms with Gasteiger partial charge in [-0.3, -0.25) is 4.79 Å². The molecule has 3 N–H and O–H groups in total. The van der Waals surface area contributed by atoms with Crippen LogP contribution in [0.25, 0.3) is 0 Å². The average molecular weight is 186 g/mol. The Morgan fingerprint density at radius 1 is 1.54 bits per heavy atom. The largest absolute Gasteiger partial charge is 0.480 e. The van der Waals surface area contributed by atoms with Crippen molar-refractivity contribution in [3.63, 3.8) is 0 Å². The highest BCUT2D eigenvalue weighted by Crippen LogP contribution is 2.23. The van der Waals surface area contributed by atoms with Crippen LogP contribution in [0.15, 0.2) is 0 Å². The van der Waals surface area contributed by atoms with E-state index in [2.05, 4.69) is 0 Å². The number of hydrogen-bond donors (Lipinski definition) is 2. The SMILES string of the molecule is CN(C(=O)C(N)C(=O)O)C1CCC1. The summed E-state index contributed by atoms with van der Waals surface area (Å²) in [4.78, 5) is 23.2. The monoisotopic (exact) mass is 186 g/mol. The van der Waals surface area contributed by atoms with Crippen molar-refractivity contribution in [2.45, 2.75) is 31.3 Å². The Morgan fingerprint density at radius 3 is 2.38 bits per heavy atom. The highest BCUT2D eigenvalue weighted by atomic mass is 16.4. The van der Waals surface area contributed by atoms with E-state index < -0.39 is 17.9 Å². The molecule has 5 nitrogen and oxygen atoms in total. The molecular formula is C8H14N2O3. The van der Waals surface area contributed by atoms with Crippen LogP contribution in [0, 0.1) is 0 Å². The summed E-state index contributed by atoms with van der Waals surface area (Å²) in [7, 11) is 1.61. The molecule has 1 rings (SSSR count). The maximum Gasteiger partial charge on any atom is 0.330 e. The number of hydrogen-bond acceptors (Lipinski definition) is 3. The smallest absolute Gasteiger partial charge is 0.330 e. The van der Waals surface area contributed by atoms with Gasteiger partial charge in [-0.2, -0.15) is 0 Å². The minimum absolute atomic E-state index is 0.192. The molecule has 1 unspecified atom stereocenters. The van der Waals surface area contributed by atoms with E-state index in [1.165, 1.54) is 4.90 Å². The zero-order valence-electron chi connectivity index (χ0n) is 7.56. The minimum Gasteiger partial charge on any atom is -0.480 e. The van der Waals surface area contributed by atoms with Gasteiger partial charge < -0.3 is 15.7 Å². The average Bonchev–Trinajstić information content (AvgIpc) is 1.98. The Kier molecular flexibility index (Phi) is 2.87. The number of carbonyl (C=O) groups excluding carboxylic acids is 1. The second kappa shape index (κ2) is 3.74. The molecule has 0 heterocycles. The van der Waals surface area contributed by atoms with Gasteiger partial charge in [0.15, 0.2) is 6.04 Å². The van der Waals surface area contributed by atoms with Crippen molar-refractivity contribution < 1.29 is 14.7 Å². The standard InChI is InChI=1S/C8H14N2O3/c1-10(5-3-2-4-5)7(11)6(9)8(12)13/h5-6H,2-4,9H2,1H3,(H,12,13). The highest BCUT2D eigenvalue weighted by molar-refractivity contribution is 6.00. The summed E-state index contributed by atoms with van der Waals surface area (Å²) < 4.78 is 0. The topological polar surface area (TPSA) is 83.6 Å². The molecule has 13 heavy (non-hydrogen) atoms.